The molecule has 0 aliphatic heterocycles. The first kappa shape index (κ1) is 22.2. The van der Waals surface area contributed by atoms with E-state index in [9.17, 15) is 13.2 Å². The van der Waals surface area contributed by atoms with Gasteiger partial charge >= 0.3 is 0 Å². The quantitative estimate of drug-likeness (QED) is 0.377. The van der Waals surface area contributed by atoms with E-state index in [1.165, 1.54) is 32.1 Å². The summed E-state index contributed by atoms with van der Waals surface area (Å²) in [6.07, 6.45) is 7.67. The highest BCUT2D eigenvalue weighted by Gasteiger charge is 2.18. The molecule has 0 heterocycles. The van der Waals surface area contributed by atoms with Crippen molar-refractivity contribution < 1.29 is 17.9 Å². The Bertz CT molecular complexity index is 1130. The first-order chi connectivity index (χ1) is 15.5. The van der Waals surface area contributed by atoms with Gasteiger partial charge in [-0.1, -0.05) is 62.2 Å². The largest absolute Gasteiger partial charge is 0.494 e. The van der Waals surface area contributed by atoms with E-state index in [0.29, 0.717) is 17.0 Å². The molecule has 32 heavy (non-hydrogen) atoms. The maximum absolute atomic E-state index is 14.9. The number of rotatable bonds is 6. The maximum atomic E-state index is 14.9. The monoisotopic (exact) mass is 436 g/mol. The fraction of sp³-hybridized carbons (Fsp3) is 0.286. The van der Waals surface area contributed by atoms with E-state index in [4.69, 9.17) is 4.74 Å². The molecule has 1 unspecified atom stereocenters. The Labute approximate surface area is 187 Å². The van der Waals surface area contributed by atoms with Gasteiger partial charge in [-0.05, 0) is 65.6 Å². The lowest BCUT2D eigenvalue weighted by Gasteiger charge is -2.22. The van der Waals surface area contributed by atoms with E-state index in [0.717, 1.165) is 36.0 Å². The van der Waals surface area contributed by atoms with Crippen LogP contribution in [0.4, 0.5) is 13.2 Å². The van der Waals surface area contributed by atoms with Crippen molar-refractivity contribution in [3.8, 4) is 28.0 Å². The molecule has 4 rings (SSSR count). The SMILES string of the molecule is CCCC1CC=C(c2ccc(-c3ccc(-c4ccc(OC)c(F)c4F)cc3)cc2F)CC1. The molecule has 1 atom stereocenters. The molecule has 0 bridgehead atoms. The molecule has 0 saturated heterocycles. The fourth-order valence-electron chi connectivity index (χ4n) is 4.51. The maximum Gasteiger partial charge on any atom is 0.201 e. The fourth-order valence-corrected chi connectivity index (χ4v) is 4.51. The van der Waals surface area contributed by atoms with Crippen LogP contribution in [0.1, 0.15) is 44.6 Å². The Morgan fingerprint density at radius 2 is 1.53 bits per heavy atom. The lowest BCUT2D eigenvalue weighted by molar-refractivity contribution is 0.372. The second-order valence-corrected chi connectivity index (χ2v) is 8.37. The number of methoxy groups -OCH3 is 1. The summed E-state index contributed by atoms with van der Waals surface area (Å²) in [7, 11) is 1.30. The Balaban J connectivity index is 1.55. The zero-order valence-corrected chi connectivity index (χ0v) is 18.4. The van der Waals surface area contributed by atoms with Crippen LogP contribution in [-0.4, -0.2) is 7.11 Å². The summed E-state index contributed by atoms with van der Waals surface area (Å²) in [5, 5.41) is 0. The van der Waals surface area contributed by atoms with Crippen LogP contribution in [-0.2, 0) is 0 Å². The number of hydrogen-bond donors (Lipinski definition) is 0. The Morgan fingerprint density at radius 3 is 2.16 bits per heavy atom. The third-order valence-electron chi connectivity index (χ3n) is 6.33. The average Bonchev–Trinajstić information content (AvgIpc) is 2.82. The molecule has 1 aliphatic carbocycles. The van der Waals surface area contributed by atoms with Crippen molar-refractivity contribution in [1.82, 2.24) is 0 Å². The average molecular weight is 437 g/mol. The second kappa shape index (κ2) is 9.64. The van der Waals surface area contributed by atoms with Crippen LogP contribution in [0.3, 0.4) is 0 Å². The minimum Gasteiger partial charge on any atom is -0.494 e. The van der Waals surface area contributed by atoms with Gasteiger partial charge in [0.2, 0.25) is 5.82 Å². The van der Waals surface area contributed by atoms with Crippen LogP contribution < -0.4 is 4.74 Å². The molecular formula is C28H27F3O. The first-order valence-corrected chi connectivity index (χ1v) is 11.1. The van der Waals surface area contributed by atoms with Crippen molar-refractivity contribution >= 4 is 5.57 Å². The number of benzene rings is 3. The Kier molecular flexibility index (Phi) is 6.69. The number of ether oxygens (including phenoxy) is 1. The van der Waals surface area contributed by atoms with Crippen molar-refractivity contribution in [1.29, 1.82) is 0 Å². The van der Waals surface area contributed by atoms with Gasteiger partial charge in [0.05, 0.1) is 7.11 Å². The molecule has 0 radical (unpaired) electrons. The number of halogens is 3. The van der Waals surface area contributed by atoms with Crippen LogP contribution in [0.5, 0.6) is 5.75 Å². The first-order valence-electron chi connectivity index (χ1n) is 11.1. The minimum absolute atomic E-state index is 0.132. The molecule has 1 nitrogen and oxygen atoms in total. The predicted octanol–water partition coefficient (Wildman–Crippen LogP) is 8.43. The van der Waals surface area contributed by atoms with Gasteiger partial charge in [0.1, 0.15) is 5.82 Å². The molecule has 0 spiro atoms. The van der Waals surface area contributed by atoms with Crippen molar-refractivity contribution in [3.05, 3.63) is 83.7 Å². The summed E-state index contributed by atoms with van der Waals surface area (Å²) in [4.78, 5) is 0. The van der Waals surface area contributed by atoms with E-state index in [1.807, 2.05) is 12.1 Å². The predicted molar refractivity (Wildman–Crippen MR) is 124 cm³/mol. The highest BCUT2D eigenvalue weighted by molar-refractivity contribution is 5.74. The molecule has 0 saturated carbocycles. The highest BCUT2D eigenvalue weighted by Crippen LogP contribution is 2.35. The van der Waals surface area contributed by atoms with Gasteiger partial charge in [-0.2, -0.15) is 4.39 Å². The Morgan fingerprint density at radius 1 is 0.844 bits per heavy atom. The van der Waals surface area contributed by atoms with E-state index >= 15 is 0 Å². The van der Waals surface area contributed by atoms with Crippen molar-refractivity contribution in [3.63, 3.8) is 0 Å². The minimum atomic E-state index is -1.01. The highest BCUT2D eigenvalue weighted by atomic mass is 19.2. The van der Waals surface area contributed by atoms with E-state index in [1.54, 1.807) is 30.3 Å². The lowest BCUT2D eigenvalue weighted by atomic mass is 9.84. The molecule has 0 fully saturated rings. The molecule has 0 amide bonds. The van der Waals surface area contributed by atoms with Crippen LogP contribution in [0, 0.1) is 23.4 Å². The number of hydrogen-bond acceptors (Lipinski definition) is 1. The van der Waals surface area contributed by atoms with Crippen molar-refractivity contribution in [2.75, 3.05) is 7.11 Å². The van der Waals surface area contributed by atoms with Gasteiger partial charge in [-0.15, -0.1) is 0 Å². The van der Waals surface area contributed by atoms with Gasteiger partial charge in [-0.25, -0.2) is 8.78 Å². The summed E-state index contributed by atoms with van der Waals surface area (Å²) in [6, 6.07) is 15.2. The smallest absolute Gasteiger partial charge is 0.201 e. The standard InChI is InChI=1S/C28H27F3O/c1-3-4-18-5-7-20(8-6-18)23-14-13-22(17-25(23)29)19-9-11-21(12-10-19)24-15-16-26(32-2)28(31)27(24)30/h7,9-18H,3-6,8H2,1-2H3. The van der Waals surface area contributed by atoms with Crippen LogP contribution in [0.25, 0.3) is 27.8 Å². The zero-order chi connectivity index (χ0) is 22.7. The molecule has 3 aromatic carbocycles. The van der Waals surface area contributed by atoms with Crippen LogP contribution in [0.2, 0.25) is 0 Å². The molecule has 3 aromatic rings. The third-order valence-corrected chi connectivity index (χ3v) is 6.33. The van der Waals surface area contributed by atoms with E-state index in [-0.39, 0.29) is 17.1 Å². The zero-order valence-electron chi connectivity index (χ0n) is 18.4. The molecular weight excluding hydrogens is 409 g/mol. The van der Waals surface area contributed by atoms with Gasteiger partial charge in [0.25, 0.3) is 0 Å². The van der Waals surface area contributed by atoms with Gasteiger partial charge in [-0.3, -0.25) is 0 Å². The molecule has 4 heteroatoms. The second-order valence-electron chi connectivity index (χ2n) is 8.37. The van der Waals surface area contributed by atoms with Gasteiger partial charge < -0.3 is 4.74 Å². The molecule has 0 aromatic heterocycles. The lowest BCUT2D eigenvalue weighted by Crippen LogP contribution is -2.05. The van der Waals surface area contributed by atoms with Crippen molar-refractivity contribution in [2.24, 2.45) is 5.92 Å². The summed E-state index contributed by atoms with van der Waals surface area (Å²) < 4.78 is 48.2. The summed E-state index contributed by atoms with van der Waals surface area (Å²) in [5.74, 6) is -1.60. The van der Waals surface area contributed by atoms with Gasteiger partial charge in [0.15, 0.2) is 11.6 Å². The molecule has 166 valence electrons. The summed E-state index contributed by atoms with van der Waals surface area (Å²) >= 11 is 0. The molecule has 1 aliphatic rings. The Hall–Kier alpha value is -3.01. The topological polar surface area (TPSA) is 9.23 Å². The normalized spacial score (nSPS) is 16.0. The summed E-state index contributed by atoms with van der Waals surface area (Å²) in [6.45, 7) is 2.20. The van der Waals surface area contributed by atoms with Crippen LogP contribution in [0.15, 0.2) is 60.7 Å². The number of allylic oxidation sites excluding steroid dienone is 2. The van der Waals surface area contributed by atoms with Crippen molar-refractivity contribution in [2.45, 2.75) is 39.0 Å². The van der Waals surface area contributed by atoms with E-state index in [2.05, 4.69) is 13.0 Å². The summed E-state index contributed by atoms with van der Waals surface area (Å²) in [5.41, 5.74) is 4.03. The van der Waals surface area contributed by atoms with Gasteiger partial charge in [0, 0.05) is 11.1 Å². The van der Waals surface area contributed by atoms with Crippen LogP contribution >= 0.6 is 0 Å². The third kappa shape index (κ3) is 4.45. The molecule has 0 N–H and O–H groups in total. The van der Waals surface area contributed by atoms with E-state index < -0.39 is 11.6 Å².